The van der Waals surface area contributed by atoms with Gasteiger partial charge in [-0.1, -0.05) is 48.5 Å². The molecule has 1 aliphatic rings. The molecular weight excluding hydrogens is 308 g/mol. The molecule has 1 unspecified atom stereocenters. The number of anilines is 1. The number of hydrogen-bond donors (Lipinski definition) is 1. The number of pyridine rings is 1. The Kier molecular flexibility index (Phi) is 4.33. The van der Waals surface area contributed by atoms with Crippen LogP contribution < -0.4 is 5.32 Å². The van der Waals surface area contributed by atoms with E-state index in [9.17, 15) is 0 Å². The van der Waals surface area contributed by atoms with Crippen LogP contribution in [-0.2, 0) is 0 Å². The fourth-order valence-electron chi connectivity index (χ4n) is 2.84. The van der Waals surface area contributed by atoms with E-state index in [4.69, 9.17) is 9.98 Å². The van der Waals surface area contributed by atoms with E-state index in [1.165, 1.54) is 0 Å². The second-order valence-electron chi connectivity index (χ2n) is 5.83. The van der Waals surface area contributed by atoms with E-state index >= 15 is 0 Å². The van der Waals surface area contributed by atoms with E-state index in [0.29, 0.717) is 6.54 Å². The molecule has 2 heterocycles. The molecular formula is C21H18N4. The van der Waals surface area contributed by atoms with Crippen molar-refractivity contribution in [3.8, 4) is 0 Å². The van der Waals surface area contributed by atoms with Crippen LogP contribution in [0.25, 0.3) is 0 Å². The van der Waals surface area contributed by atoms with Crippen LogP contribution in [0.2, 0.25) is 0 Å². The van der Waals surface area contributed by atoms with Crippen LogP contribution in [0.15, 0.2) is 95.2 Å². The van der Waals surface area contributed by atoms with Crippen molar-refractivity contribution >= 4 is 17.2 Å². The quantitative estimate of drug-likeness (QED) is 0.766. The van der Waals surface area contributed by atoms with Crippen molar-refractivity contribution in [2.45, 2.75) is 6.04 Å². The number of rotatable bonds is 5. The summed E-state index contributed by atoms with van der Waals surface area (Å²) in [6.45, 7) is 0.650. The van der Waals surface area contributed by atoms with Gasteiger partial charge in [-0.05, 0) is 29.8 Å². The van der Waals surface area contributed by atoms with Gasteiger partial charge in [0.05, 0.1) is 12.3 Å². The van der Waals surface area contributed by atoms with Crippen molar-refractivity contribution < 1.29 is 0 Å². The zero-order valence-corrected chi connectivity index (χ0v) is 13.7. The Labute approximate surface area is 147 Å². The molecule has 0 saturated heterocycles. The molecule has 1 N–H and O–H groups in total. The van der Waals surface area contributed by atoms with Gasteiger partial charge in [0.15, 0.2) is 5.84 Å². The summed E-state index contributed by atoms with van der Waals surface area (Å²) in [5.74, 6) is 0.742. The largest absolute Gasteiger partial charge is 0.380 e. The molecule has 4 heteroatoms. The van der Waals surface area contributed by atoms with Crippen LogP contribution in [-0.4, -0.2) is 23.1 Å². The molecule has 1 aromatic heterocycles. The summed E-state index contributed by atoms with van der Waals surface area (Å²) < 4.78 is 0. The summed E-state index contributed by atoms with van der Waals surface area (Å²) in [6, 6.07) is 24.3. The van der Waals surface area contributed by atoms with E-state index in [-0.39, 0.29) is 6.04 Å². The SMILES string of the molecule is c1ccc(NCC2=NC(c3cccnc3)=NC2c2ccccc2)cc1. The van der Waals surface area contributed by atoms with E-state index in [1.807, 2.05) is 48.5 Å². The van der Waals surface area contributed by atoms with Gasteiger partial charge in [-0.25, -0.2) is 4.99 Å². The molecule has 2 aromatic carbocycles. The average molecular weight is 326 g/mol. The molecule has 0 saturated carbocycles. The Morgan fingerprint density at radius 2 is 1.60 bits per heavy atom. The van der Waals surface area contributed by atoms with Gasteiger partial charge in [0.2, 0.25) is 0 Å². The molecule has 25 heavy (non-hydrogen) atoms. The molecule has 1 aliphatic heterocycles. The summed E-state index contributed by atoms with van der Waals surface area (Å²) in [7, 11) is 0. The van der Waals surface area contributed by atoms with Crippen LogP contribution in [0.1, 0.15) is 17.2 Å². The van der Waals surface area contributed by atoms with Gasteiger partial charge in [0.1, 0.15) is 6.04 Å². The molecule has 0 aliphatic carbocycles. The highest BCUT2D eigenvalue weighted by molar-refractivity contribution is 6.14. The van der Waals surface area contributed by atoms with Gasteiger partial charge < -0.3 is 5.32 Å². The van der Waals surface area contributed by atoms with Crippen molar-refractivity contribution in [3.05, 3.63) is 96.3 Å². The minimum absolute atomic E-state index is 0.0624. The molecule has 4 nitrogen and oxygen atoms in total. The Bertz CT molecular complexity index is 887. The van der Waals surface area contributed by atoms with Crippen LogP contribution >= 0.6 is 0 Å². The fourth-order valence-corrected chi connectivity index (χ4v) is 2.84. The maximum atomic E-state index is 4.86. The summed E-state index contributed by atoms with van der Waals surface area (Å²) >= 11 is 0. The third-order valence-electron chi connectivity index (χ3n) is 4.10. The first-order valence-electron chi connectivity index (χ1n) is 8.30. The Morgan fingerprint density at radius 3 is 2.32 bits per heavy atom. The average Bonchev–Trinajstić information content (AvgIpc) is 3.13. The highest BCUT2D eigenvalue weighted by Crippen LogP contribution is 2.26. The van der Waals surface area contributed by atoms with E-state index in [2.05, 4.69) is 34.6 Å². The second-order valence-corrected chi connectivity index (χ2v) is 5.83. The van der Waals surface area contributed by atoms with Gasteiger partial charge in [-0.15, -0.1) is 0 Å². The number of para-hydroxylation sites is 1. The predicted molar refractivity (Wildman–Crippen MR) is 102 cm³/mol. The van der Waals surface area contributed by atoms with Gasteiger partial charge in [-0.2, -0.15) is 0 Å². The van der Waals surface area contributed by atoms with Crippen molar-refractivity contribution in [2.75, 3.05) is 11.9 Å². The smallest absolute Gasteiger partial charge is 0.157 e. The molecule has 3 aromatic rings. The lowest BCUT2D eigenvalue weighted by Gasteiger charge is -2.12. The van der Waals surface area contributed by atoms with Gasteiger partial charge in [0, 0.05) is 23.6 Å². The summed E-state index contributed by atoms with van der Waals surface area (Å²) in [5.41, 5.74) is 4.17. The number of nitrogens with one attached hydrogen (secondary N) is 1. The highest BCUT2D eigenvalue weighted by Gasteiger charge is 2.24. The van der Waals surface area contributed by atoms with E-state index < -0.39 is 0 Å². The van der Waals surface area contributed by atoms with Crippen LogP contribution in [0, 0.1) is 0 Å². The molecule has 0 fully saturated rings. The maximum Gasteiger partial charge on any atom is 0.157 e. The molecule has 122 valence electrons. The van der Waals surface area contributed by atoms with E-state index in [0.717, 1.165) is 28.4 Å². The van der Waals surface area contributed by atoms with Crippen LogP contribution in [0.4, 0.5) is 5.69 Å². The molecule has 4 rings (SSSR count). The monoisotopic (exact) mass is 326 g/mol. The van der Waals surface area contributed by atoms with Crippen LogP contribution in [0.3, 0.4) is 0 Å². The Balaban J connectivity index is 1.62. The Morgan fingerprint density at radius 1 is 0.840 bits per heavy atom. The zero-order chi connectivity index (χ0) is 16.9. The minimum Gasteiger partial charge on any atom is -0.380 e. The number of aliphatic imine (C=N–C) groups is 2. The third-order valence-corrected chi connectivity index (χ3v) is 4.10. The first-order valence-corrected chi connectivity index (χ1v) is 8.30. The molecule has 1 atom stereocenters. The summed E-state index contributed by atoms with van der Waals surface area (Å²) in [5, 5.41) is 3.44. The minimum atomic E-state index is -0.0624. The van der Waals surface area contributed by atoms with E-state index in [1.54, 1.807) is 12.4 Å². The number of nitrogens with zero attached hydrogens (tertiary/aromatic N) is 3. The van der Waals surface area contributed by atoms with Gasteiger partial charge >= 0.3 is 0 Å². The summed E-state index contributed by atoms with van der Waals surface area (Å²) in [4.78, 5) is 13.8. The maximum absolute atomic E-state index is 4.86. The second kappa shape index (κ2) is 7.09. The van der Waals surface area contributed by atoms with Crippen molar-refractivity contribution in [3.63, 3.8) is 0 Å². The van der Waals surface area contributed by atoms with Gasteiger partial charge in [-0.3, -0.25) is 9.98 Å². The lowest BCUT2D eigenvalue weighted by atomic mass is 10.0. The number of aromatic nitrogens is 1. The fraction of sp³-hybridized carbons (Fsp3) is 0.0952. The van der Waals surface area contributed by atoms with Crippen LogP contribution in [0.5, 0.6) is 0 Å². The zero-order valence-electron chi connectivity index (χ0n) is 13.7. The van der Waals surface area contributed by atoms with Gasteiger partial charge in [0.25, 0.3) is 0 Å². The molecule has 0 amide bonds. The number of benzene rings is 2. The summed E-state index contributed by atoms with van der Waals surface area (Å²) in [6.07, 6.45) is 3.56. The molecule has 0 radical (unpaired) electrons. The predicted octanol–water partition coefficient (Wildman–Crippen LogP) is 4.14. The topological polar surface area (TPSA) is 49.6 Å². The highest BCUT2D eigenvalue weighted by atomic mass is 15.1. The van der Waals surface area contributed by atoms with Crippen molar-refractivity contribution in [2.24, 2.45) is 9.98 Å². The van der Waals surface area contributed by atoms with Crippen molar-refractivity contribution in [1.29, 1.82) is 0 Å². The lowest BCUT2D eigenvalue weighted by molar-refractivity contribution is 0.970. The first kappa shape index (κ1) is 15.3. The third kappa shape index (κ3) is 3.48. The van der Waals surface area contributed by atoms with Crippen molar-refractivity contribution in [1.82, 2.24) is 4.98 Å². The normalized spacial score (nSPS) is 16.2. The molecule has 0 bridgehead atoms. The standard InChI is InChI=1S/C21H18N4/c1-3-8-16(9-4-1)20-19(15-23-18-11-5-2-6-12-18)24-21(25-20)17-10-7-13-22-14-17/h1-14,20,23H,15H2. The number of amidine groups is 1. The number of hydrogen-bond acceptors (Lipinski definition) is 4. The Hall–Kier alpha value is -3.27. The lowest BCUT2D eigenvalue weighted by Crippen LogP contribution is -2.18. The first-order chi connectivity index (χ1) is 12.4. The molecule has 0 spiro atoms.